The van der Waals surface area contributed by atoms with Crippen LogP contribution in [0.1, 0.15) is 22.3 Å². The maximum atomic E-state index is 12.4. The lowest BCUT2D eigenvalue weighted by Crippen LogP contribution is -2.13. The molecule has 1 amide bonds. The molecule has 0 atom stereocenters. The Morgan fingerprint density at radius 3 is 2.50 bits per heavy atom. The Hall–Kier alpha value is -2.85. The standard InChI is InChI=1S/C21H20ClN3O/c22-18-8-10-19(11-9-18)25-21(26)17-13-20(15-23-14-17)24-12-4-7-16-5-2-1-3-6-16/h1-3,5-6,8-11,13-15,24H,4,7,12H2,(H,25,26). The van der Waals surface area contributed by atoms with Crippen molar-refractivity contribution in [3.63, 3.8) is 0 Å². The molecule has 1 heterocycles. The summed E-state index contributed by atoms with van der Waals surface area (Å²) in [5, 5.41) is 6.79. The van der Waals surface area contributed by atoms with Crippen molar-refractivity contribution in [2.75, 3.05) is 17.2 Å². The van der Waals surface area contributed by atoms with E-state index in [9.17, 15) is 4.79 Å². The molecule has 0 aliphatic carbocycles. The number of pyridine rings is 1. The monoisotopic (exact) mass is 365 g/mol. The largest absolute Gasteiger partial charge is 0.384 e. The first-order chi connectivity index (χ1) is 12.7. The van der Waals surface area contributed by atoms with Crippen LogP contribution in [0.5, 0.6) is 0 Å². The zero-order valence-corrected chi connectivity index (χ0v) is 15.0. The van der Waals surface area contributed by atoms with Crippen LogP contribution in [-0.2, 0) is 6.42 Å². The highest BCUT2D eigenvalue weighted by molar-refractivity contribution is 6.30. The zero-order valence-electron chi connectivity index (χ0n) is 14.3. The molecule has 2 aromatic carbocycles. The van der Waals surface area contributed by atoms with Crippen LogP contribution in [0.4, 0.5) is 11.4 Å². The van der Waals surface area contributed by atoms with Crippen molar-refractivity contribution in [2.24, 2.45) is 0 Å². The fourth-order valence-electron chi connectivity index (χ4n) is 2.57. The third-order valence-corrected chi connectivity index (χ3v) is 4.17. The third kappa shape index (κ3) is 5.33. The van der Waals surface area contributed by atoms with Gasteiger partial charge in [0.15, 0.2) is 0 Å². The lowest BCUT2D eigenvalue weighted by atomic mass is 10.1. The van der Waals surface area contributed by atoms with Crippen LogP contribution in [0.3, 0.4) is 0 Å². The van der Waals surface area contributed by atoms with Crippen molar-refractivity contribution in [2.45, 2.75) is 12.8 Å². The number of carbonyl (C=O) groups excluding carboxylic acids is 1. The molecule has 1 aromatic heterocycles. The molecule has 0 fully saturated rings. The number of aryl methyl sites for hydroxylation is 1. The predicted molar refractivity (Wildman–Crippen MR) is 107 cm³/mol. The summed E-state index contributed by atoms with van der Waals surface area (Å²) in [5.74, 6) is -0.201. The SMILES string of the molecule is O=C(Nc1ccc(Cl)cc1)c1cncc(NCCCc2ccccc2)c1. The molecule has 2 N–H and O–H groups in total. The Morgan fingerprint density at radius 1 is 0.962 bits per heavy atom. The van der Waals surface area contributed by atoms with Crippen LogP contribution in [0.2, 0.25) is 5.02 Å². The zero-order chi connectivity index (χ0) is 18.2. The van der Waals surface area contributed by atoms with Gasteiger partial charge in [-0.3, -0.25) is 9.78 Å². The summed E-state index contributed by atoms with van der Waals surface area (Å²) in [4.78, 5) is 16.5. The van der Waals surface area contributed by atoms with Crippen LogP contribution in [0, 0.1) is 0 Å². The molecule has 0 aliphatic heterocycles. The number of rotatable bonds is 7. The molecule has 4 nitrogen and oxygen atoms in total. The minimum absolute atomic E-state index is 0.201. The van der Waals surface area contributed by atoms with Gasteiger partial charge in [0.25, 0.3) is 5.91 Å². The summed E-state index contributed by atoms with van der Waals surface area (Å²) in [6.07, 6.45) is 5.30. The van der Waals surface area contributed by atoms with Gasteiger partial charge in [-0.15, -0.1) is 0 Å². The first-order valence-corrected chi connectivity index (χ1v) is 8.88. The van der Waals surface area contributed by atoms with Crippen LogP contribution in [0.25, 0.3) is 0 Å². The van der Waals surface area contributed by atoms with Crippen molar-refractivity contribution in [3.8, 4) is 0 Å². The minimum atomic E-state index is -0.201. The van der Waals surface area contributed by atoms with Gasteiger partial charge in [0.2, 0.25) is 0 Å². The molecule has 0 saturated heterocycles. The molecular weight excluding hydrogens is 346 g/mol. The molecule has 0 saturated carbocycles. The molecule has 0 aliphatic rings. The van der Waals surface area contributed by atoms with Crippen LogP contribution >= 0.6 is 11.6 Å². The highest BCUT2D eigenvalue weighted by Gasteiger charge is 2.07. The summed E-state index contributed by atoms with van der Waals surface area (Å²) < 4.78 is 0. The van der Waals surface area contributed by atoms with E-state index in [1.54, 1.807) is 42.7 Å². The second-order valence-corrected chi connectivity index (χ2v) is 6.38. The number of hydrogen-bond donors (Lipinski definition) is 2. The van der Waals surface area contributed by atoms with Gasteiger partial charge in [0.05, 0.1) is 11.3 Å². The van der Waals surface area contributed by atoms with E-state index in [0.29, 0.717) is 16.3 Å². The summed E-state index contributed by atoms with van der Waals surface area (Å²) in [7, 11) is 0. The molecule has 26 heavy (non-hydrogen) atoms. The van der Waals surface area contributed by atoms with Crippen molar-refractivity contribution >= 4 is 28.9 Å². The lowest BCUT2D eigenvalue weighted by molar-refractivity contribution is 0.102. The number of hydrogen-bond acceptors (Lipinski definition) is 3. The quantitative estimate of drug-likeness (QED) is 0.577. The van der Waals surface area contributed by atoms with E-state index in [4.69, 9.17) is 11.6 Å². The summed E-state index contributed by atoms with van der Waals surface area (Å²) in [5.41, 5.74) is 3.36. The number of nitrogens with zero attached hydrogens (tertiary/aromatic N) is 1. The Bertz CT molecular complexity index is 851. The number of benzene rings is 2. The number of aromatic nitrogens is 1. The van der Waals surface area contributed by atoms with Crippen LogP contribution in [0.15, 0.2) is 73.1 Å². The molecule has 0 bridgehead atoms. The average Bonchev–Trinajstić information content (AvgIpc) is 2.68. The number of nitrogens with one attached hydrogen (secondary N) is 2. The Labute approximate surface area is 158 Å². The molecule has 3 aromatic rings. The molecule has 132 valence electrons. The highest BCUT2D eigenvalue weighted by Crippen LogP contribution is 2.15. The summed E-state index contributed by atoms with van der Waals surface area (Å²) >= 11 is 5.85. The van der Waals surface area contributed by atoms with E-state index in [1.165, 1.54) is 5.56 Å². The molecule has 0 radical (unpaired) electrons. The maximum Gasteiger partial charge on any atom is 0.257 e. The molecule has 5 heteroatoms. The first-order valence-electron chi connectivity index (χ1n) is 8.50. The fourth-order valence-corrected chi connectivity index (χ4v) is 2.69. The minimum Gasteiger partial charge on any atom is -0.384 e. The first kappa shape index (κ1) is 18.0. The number of anilines is 2. The van der Waals surface area contributed by atoms with Gasteiger partial charge < -0.3 is 10.6 Å². The van der Waals surface area contributed by atoms with Crippen molar-refractivity contribution in [1.82, 2.24) is 4.98 Å². The lowest BCUT2D eigenvalue weighted by Gasteiger charge is -2.09. The van der Waals surface area contributed by atoms with Gasteiger partial charge >= 0.3 is 0 Å². The number of carbonyl (C=O) groups is 1. The topological polar surface area (TPSA) is 54.0 Å². The highest BCUT2D eigenvalue weighted by atomic mass is 35.5. The smallest absolute Gasteiger partial charge is 0.257 e. The van der Waals surface area contributed by atoms with E-state index in [2.05, 4.69) is 39.9 Å². The Morgan fingerprint density at radius 2 is 1.73 bits per heavy atom. The molecule has 3 rings (SSSR count). The van der Waals surface area contributed by atoms with Crippen molar-refractivity contribution in [3.05, 3.63) is 89.2 Å². The number of amides is 1. The Balaban J connectivity index is 1.52. The van der Waals surface area contributed by atoms with Gasteiger partial charge in [-0.2, -0.15) is 0 Å². The van der Waals surface area contributed by atoms with E-state index in [-0.39, 0.29) is 5.91 Å². The van der Waals surface area contributed by atoms with E-state index >= 15 is 0 Å². The van der Waals surface area contributed by atoms with Gasteiger partial charge in [0.1, 0.15) is 0 Å². The van der Waals surface area contributed by atoms with Gasteiger partial charge in [-0.25, -0.2) is 0 Å². The average molecular weight is 366 g/mol. The second kappa shape index (κ2) is 9.02. The van der Waals surface area contributed by atoms with Gasteiger partial charge in [-0.1, -0.05) is 41.9 Å². The summed E-state index contributed by atoms with van der Waals surface area (Å²) in [6.45, 7) is 0.818. The Kier molecular flexibility index (Phi) is 6.23. The van der Waals surface area contributed by atoms with Crippen molar-refractivity contribution < 1.29 is 4.79 Å². The third-order valence-electron chi connectivity index (χ3n) is 3.92. The maximum absolute atomic E-state index is 12.4. The normalized spacial score (nSPS) is 10.3. The summed E-state index contributed by atoms with van der Waals surface area (Å²) in [6, 6.07) is 19.2. The van der Waals surface area contributed by atoms with Gasteiger partial charge in [0, 0.05) is 29.6 Å². The molecule has 0 unspecified atom stereocenters. The van der Waals surface area contributed by atoms with E-state index < -0.39 is 0 Å². The van der Waals surface area contributed by atoms with Crippen LogP contribution < -0.4 is 10.6 Å². The van der Waals surface area contributed by atoms with Crippen molar-refractivity contribution in [1.29, 1.82) is 0 Å². The van der Waals surface area contributed by atoms with Crippen LogP contribution in [-0.4, -0.2) is 17.4 Å². The van der Waals surface area contributed by atoms with Gasteiger partial charge in [-0.05, 0) is 48.7 Å². The molecular formula is C21H20ClN3O. The number of halogens is 1. The fraction of sp³-hybridized carbons (Fsp3) is 0.143. The molecule has 0 spiro atoms. The van der Waals surface area contributed by atoms with E-state index in [1.807, 2.05) is 6.07 Å². The predicted octanol–water partition coefficient (Wildman–Crippen LogP) is 5.03. The van der Waals surface area contributed by atoms with E-state index in [0.717, 1.165) is 25.1 Å². The second-order valence-electron chi connectivity index (χ2n) is 5.94.